The number of nitrogens with zero attached hydrogens (tertiary/aromatic N) is 2. The second-order valence-corrected chi connectivity index (χ2v) is 6.24. The number of methoxy groups -OCH3 is 1. The summed E-state index contributed by atoms with van der Waals surface area (Å²) >= 11 is 0. The van der Waals surface area contributed by atoms with Crippen molar-refractivity contribution in [3.63, 3.8) is 0 Å². The first kappa shape index (κ1) is 16.2. The molecule has 3 rings (SSSR count). The quantitative estimate of drug-likeness (QED) is 0.932. The highest BCUT2D eigenvalue weighted by atomic mass is 16.5. The molecule has 0 saturated heterocycles. The number of rotatable bonds is 4. The summed E-state index contributed by atoms with van der Waals surface area (Å²) in [6, 6.07) is 8.65. The summed E-state index contributed by atoms with van der Waals surface area (Å²) in [4.78, 5) is 24.3. The number of carbonyl (C=O) groups is 1. The van der Waals surface area contributed by atoms with Gasteiger partial charge in [-0.05, 0) is 55.0 Å². The largest absolute Gasteiger partial charge is 0.497 e. The van der Waals surface area contributed by atoms with Crippen molar-refractivity contribution in [1.82, 2.24) is 9.78 Å². The Labute approximate surface area is 140 Å². The third-order valence-electron chi connectivity index (χ3n) is 4.27. The van der Waals surface area contributed by atoms with Crippen LogP contribution in [0, 0.1) is 5.92 Å². The molecule has 1 aliphatic rings. The lowest BCUT2D eigenvalue weighted by Gasteiger charge is -2.20. The fourth-order valence-electron chi connectivity index (χ4n) is 2.94. The van der Waals surface area contributed by atoms with Gasteiger partial charge in [0.15, 0.2) is 0 Å². The maximum absolute atomic E-state index is 12.2. The number of benzene rings is 1. The Morgan fingerprint density at radius 3 is 2.83 bits per heavy atom. The van der Waals surface area contributed by atoms with Crippen molar-refractivity contribution in [3.05, 3.63) is 51.9 Å². The zero-order valence-electron chi connectivity index (χ0n) is 13.9. The Balaban J connectivity index is 1.71. The van der Waals surface area contributed by atoms with Crippen LogP contribution in [-0.4, -0.2) is 22.8 Å². The van der Waals surface area contributed by atoms with E-state index in [1.807, 2.05) is 0 Å². The Bertz CT molecular complexity index is 796. The van der Waals surface area contributed by atoms with Crippen molar-refractivity contribution < 1.29 is 9.53 Å². The van der Waals surface area contributed by atoms with Gasteiger partial charge in [-0.25, -0.2) is 4.68 Å². The average molecular weight is 327 g/mol. The maximum Gasteiger partial charge on any atom is 0.267 e. The van der Waals surface area contributed by atoms with Crippen molar-refractivity contribution in [2.75, 3.05) is 12.4 Å². The van der Waals surface area contributed by atoms with Crippen LogP contribution in [0.2, 0.25) is 0 Å². The standard InChI is InChI=1S/C18H21N3O3/c1-12-3-8-16-13(9-12)10-18(23)21(20-16)11-17(22)19-14-4-6-15(24-2)7-5-14/h4-7,10,12H,3,8-9,11H2,1-2H3,(H,19,22)/t12-/m1/s1. The molecule has 1 amide bonds. The minimum atomic E-state index is -0.279. The van der Waals surface area contributed by atoms with E-state index in [0.29, 0.717) is 11.6 Å². The minimum absolute atomic E-state index is 0.0896. The van der Waals surface area contributed by atoms with Gasteiger partial charge < -0.3 is 10.1 Å². The normalized spacial score (nSPS) is 16.3. The molecule has 1 aromatic heterocycles. The molecule has 0 bridgehead atoms. The van der Waals surface area contributed by atoms with Crippen LogP contribution < -0.4 is 15.6 Å². The van der Waals surface area contributed by atoms with Gasteiger partial charge in [0.2, 0.25) is 5.91 Å². The van der Waals surface area contributed by atoms with Crippen LogP contribution in [0.5, 0.6) is 5.75 Å². The lowest BCUT2D eigenvalue weighted by atomic mass is 9.88. The third kappa shape index (κ3) is 3.64. The van der Waals surface area contributed by atoms with E-state index >= 15 is 0 Å². The summed E-state index contributed by atoms with van der Waals surface area (Å²) in [5.41, 5.74) is 2.38. The zero-order valence-corrected chi connectivity index (χ0v) is 13.9. The number of nitrogens with one attached hydrogen (secondary N) is 1. The maximum atomic E-state index is 12.2. The van der Waals surface area contributed by atoms with Crippen LogP contribution >= 0.6 is 0 Å². The summed E-state index contributed by atoms with van der Waals surface area (Å²) < 4.78 is 6.32. The third-order valence-corrected chi connectivity index (χ3v) is 4.27. The second kappa shape index (κ2) is 6.86. The second-order valence-electron chi connectivity index (χ2n) is 6.24. The summed E-state index contributed by atoms with van der Waals surface area (Å²) in [6.07, 6.45) is 2.81. The molecule has 0 spiro atoms. The number of fused-ring (bicyclic) bond motifs is 1. The van der Waals surface area contributed by atoms with Gasteiger partial charge >= 0.3 is 0 Å². The Morgan fingerprint density at radius 1 is 1.38 bits per heavy atom. The molecular formula is C18H21N3O3. The number of carbonyl (C=O) groups excluding carboxylic acids is 1. The Hall–Kier alpha value is -2.63. The first-order valence-electron chi connectivity index (χ1n) is 8.09. The van der Waals surface area contributed by atoms with Gasteiger partial charge in [0.05, 0.1) is 12.8 Å². The van der Waals surface area contributed by atoms with Crippen LogP contribution in [0.15, 0.2) is 35.1 Å². The van der Waals surface area contributed by atoms with Crippen LogP contribution in [0.1, 0.15) is 24.6 Å². The number of anilines is 1. The smallest absolute Gasteiger partial charge is 0.267 e. The molecule has 1 N–H and O–H groups in total. The highest BCUT2D eigenvalue weighted by Crippen LogP contribution is 2.22. The first-order valence-corrected chi connectivity index (χ1v) is 8.09. The first-order chi connectivity index (χ1) is 11.5. The van der Waals surface area contributed by atoms with Crippen molar-refractivity contribution in [3.8, 4) is 5.75 Å². The van der Waals surface area contributed by atoms with Crippen molar-refractivity contribution in [2.24, 2.45) is 5.92 Å². The fourth-order valence-corrected chi connectivity index (χ4v) is 2.94. The highest BCUT2D eigenvalue weighted by Gasteiger charge is 2.18. The molecule has 126 valence electrons. The molecule has 6 nitrogen and oxygen atoms in total. The van der Waals surface area contributed by atoms with E-state index in [4.69, 9.17) is 4.74 Å². The molecule has 1 atom stereocenters. The lowest BCUT2D eigenvalue weighted by molar-refractivity contribution is -0.117. The molecule has 0 saturated carbocycles. The molecule has 0 unspecified atom stereocenters. The molecule has 0 radical (unpaired) electrons. The molecule has 1 aliphatic carbocycles. The molecule has 1 aromatic carbocycles. The molecule has 0 fully saturated rings. The van der Waals surface area contributed by atoms with Gasteiger partial charge in [-0.3, -0.25) is 9.59 Å². The molecule has 0 aliphatic heterocycles. The molecule has 1 heterocycles. The number of ether oxygens (including phenoxy) is 1. The van der Waals surface area contributed by atoms with Gasteiger partial charge in [-0.15, -0.1) is 0 Å². The molecule has 6 heteroatoms. The van der Waals surface area contributed by atoms with E-state index in [9.17, 15) is 9.59 Å². The minimum Gasteiger partial charge on any atom is -0.497 e. The average Bonchev–Trinajstić information content (AvgIpc) is 2.56. The molecular weight excluding hydrogens is 306 g/mol. The van der Waals surface area contributed by atoms with Crippen LogP contribution in [0.3, 0.4) is 0 Å². The Kier molecular flexibility index (Phi) is 4.64. The van der Waals surface area contributed by atoms with Crippen LogP contribution in [-0.2, 0) is 24.2 Å². The van der Waals surface area contributed by atoms with E-state index in [1.165, 1.54) is 4.68 Å². The monoisotopic (exact) mass is 327 g/mol. The number of amides is 1. The summed E-state index contributed by atoms with van der Waals surface area (Å²) in [7, 11) is 1.59. The predicted octanol–water partition coefficient (Wildman–Crippen LogP) is 2.02. The van der Waals surface area contributed by atoms with Gasteiger partial charge in [0.25, 0.3) is 5.56 Å². The Morgan fingerprint density at radius 2 is 2.12 bits per heavy atom. The van der Waals surface area contributed by atoms with E-state index in [1.54, 1.807) is 37.4 Å². The lowest BCUT2D eigenvalue weighted by Crippen LogP contribution is -2.32. The number of hydrogen-bond donors (Lipinski definition) is 1. The summed E-state index contributed by atoms with van der Waals surface area (Å²) in [5, 5.41) is 7.14. The fraction of sp³-hybridized carbons (Fsp3) is 0.389. The van der Waals surface area contributed by atoms with Gasteiger partial charge in [-0.1, -0.05) is 6.92 Å². The molecule has 2 aromatic rings. The predicted molar refractivity (Wildman–Crippen MR) is 91.3 cm³/mol. The van der Waals surface area contributed by atoms with Gasteiger partial charge in [0.1, 0.15) is 12.3 Å². The zero-order chi connectivity index (χ0) is 17.1. The van der Waals surface area contributed by atoms with E-state index in [0.717, 1.165) is 36.3 Å². The van der Waals surface area contributed by atoms with Crippen LogP contribution in [0.4, 0.5) is 5.69 Å². The van der Waals surface area contributed by atoms with Crippen molar-refractivity contribution in [1.29, 1.82) is 0 Å². The van der Waals surface area contributed by atoms with Crippen molar-refractivity contribution in [2.45, 2.75) is 32.7 Å². The summed E-state index contributed by atoms with van der Waals surface area (Å²) in [5.74, 6) is 1.02. The number of aryl methyl sites for hydroxylation is 1. The van der Waals surface area contributed by atoms with E-state index in [2.05, 4.69) is 17.3 Å². The highest BCUT2D eigenvalue weighted by molar-refractivity contribution is 5.90. The van der Waals surface area contributed by atoms with E-state index < -0.39 is 0 Å². The van der Waals surface area contributed by atoms with Crippen molar-refractivity contribution >= 4 is 11.6 Å². The number of hydrogen-bond acceptors (Lipinski definition) is 4. The topological polar surface area (TPSA) is 73.2 Å². The van der Waals surface area contributed by atoms with Crippen LogP contribution in [0.25, 0.3) is 0 Å². The van der Waals surface area contributed by atoms with Gasteiger partial charge in [-0.2, -0.15) is 5.10 Å². The number of aromatic nitrogens is 2. The SMILES string of the molecule is COc1ccc(NC(=O)Cn2nc3c(cc2=O)C[C@H](C)CC3)cc1. The van der Waals surface area contributed by atoms with E-state index in [-0.39, 0.29) is 18.0 Å². The summed E-state index contributed by atoms with van der Waals surface area (Å²) in [6.45, 7) is 2.09. The molecule has 24 heavy (non-hydrogen) atoms. The van der Waals surface area contributed by atoms with Gasteiger partial charge in [0, 0.05) is 11.8 Å².